The molecular weight excluding hydrogens is 336 g/mol. The van der Waals surface area contributed by atoms with Gasteiger partial charge in [-0.1, -0.05) is 30.3 Å². The molecule has 0 saturated carbocycles. The highest BCUT2D eigenvalue weighted by Crippen LogP contribution is 2.22. The predicted molar refractivity (Wildman–Crippen MR) is 96.9 cm³/mol. The van der Waals surface area contributed by atoms with Gasteiger partial charge in [-0.3, -0.25) is 15.7 Å². The van der Waals surface area contributed by atoms with E-state index in [1.54, 1.807) is 6.07 Å². The molecule has 0 saturated heterocycles. The van der Waals surface area contributed by atoms with Crippen LogP contribution in [0.5, 0.6) is 0 Å². The number of pyridine rings is 1. The molecule has 134 valence electrons. The van der Waals surface area contributed by atoms with Crippen molar-refractivity contribution in [3.05, 3.63) is 48.2 Å². The number of aromatic amines is 1. The molecule has 0 aliphatic rings. The van der Waals surface area contributed by atoms with E-state index in [2.05, 4.69) is 35.9 Å². The van der Waals surface area contributed by atoms with E-state index in [9.17, 15) is 9.59 Å². The van der Waals surface area contributed by atoms with Crippen LogP contribution in [0.4, 0.5) is 21.2 Å². The number of H-pyrrole nitrogens is 1. The third-order valence-corrected chi connectivity index (χ3v) is 3.74. The molecule has 9 nitrogen and oxygen atoms in total. The summed E-state index contributed by atoms with van der Waals surface area (Å²) >= 11 is 0. The lowest BCUT2D eigenvalue weighted by atomic mass is 10.1. The number of amides is 3. The van der Waals surface area contributed by atoms with Gasteiger partial charge in [0.25, 0.3) is 0 Å². The monoisotopic (exact) mass is 354 g/mol. The standard InChI is InChI=1S/C17H18N6O3/c1-10(11-6-4-3-5-7-11)19-16(24)20-14-8-13-12(9-18-14)15(23-22-13)21-17(25)26-2/h3-10H,1-2H3,(H2,18,19,20,24)(H2,21,22,23,25)/t10-/m1/s1. The summed E-state index contributed by atoms with van der Waals surface area (Å²) in [6.45, 7) is 1.89. The van der Waals surface area contributed by atoms with Crippen molar-refractivity contribution in [2.75, 3.05) is 17.7 Å². The number of hydrogen-bond acceptors (Lipinski definition) is 5. The summed E-state index contributed by atoms with van der Waals surface area (Å²) in [7, 11) is 1.26. The number of anilines is 2. The zero-order valence-corrected chi connectivity index (χ0v) is 14.2. The Kier molecular flexibility index (Phi) is 4.97. The van der Waals surface area contributed by atoms with Gasteiger partial charge in [0.15, 0.2) is 5.82 Å². The number of urea groups is 1. The quantitative estimate of drug-likeness (QED) is 0.574. The number of fused-ring (bicyclic) bond motifs is 1. The number of aromatic nitrogens is 3. The van der Waals surface area contributed by atoms with Gasteiger partial charge >= 0.3 is 12.1 Å². The van der Waals surface area contributed by atoms with Crippen molar-refractivity contribution >= 4 is 34.7 Å². The van der Waals surface area contributed by atoms with Crippen molar-refractivity contribution in [2.45, 2.75) is 13.0 Å². The number of methoxy groups -OCH3 is 1. The molecule has 0 fully saturated rings. The van der Waals surface area contributed by atoms with Crippen molar-refractivity contribution < 1.29 is 14.3 Å². The Labute approximate surface area is 149 Å². The van der Waals surface area contributed by atoms with Crippen LogP contribution in [0.15, 0.2) is 42.6 Å². The molecular formula is C17H18N6O3. The van der Waals surface area contributed by atoms with E-state index in [0.717, 1.165) is 5.56 Å². The minimum atomic E-state index is -0.630. The van der Waals surface area contributed by atoms with Crippen LogP contribution in [0, 0.1) is 0 Å². The van der Waals surface area contributed by atoms with Crippen LogP contribution in [0.2, 0.25) is 0 Å². The van der Waals surface area contributed by atoms with Gasteiger partial charge in [-0.05, 0) is 12.5 Å². The van der Waals surface area contributed by atoms with Crippen molar-refractivity contribution in [2.24, 2.45) is 0 Å². The van der Waals surface area contributed by atoms with Crippen LogP contribution in [0.25, 0.3) is 10.9 Å². The molecule has 26 heavy (non-hydrogen) atoms. The van der Waals surface area contributed by atoms with E-state index in [1.165, 1.54) is 13.3 Å². The Hall–Kier alpha value is -3.62. The minimum Gasteiger partial charge on any atom is -0.453 e. The number of rotatable bonds is 4. The van der Waals surface area contributed by atoms with Crippen molar-refractivity contribution in [1.82, 2.24) is 20.5 Å². The summed E-state index contributed by atoms with van der Waals surface area (Å²) in [5.41, 5.74) is 1.61. The van der Waals surface area contributed by atoms with E-state index in [0.29, 0.717) is 22.5 Å². The van der Waals surface area contributed by atoms with Crippen LogP contribution in [0.1, 0.15) is 18.5 Å². The molecule has 2 aromatic heterocycles. The molecule has 0 spiro atoms. The lowest BCUT2D eigenvalue weighted by molar-refractivity contribution is 0.187. The molecule has 0 radical (unpaired) electrons. The Balaban J connectivity index is 1.67. The fraction of sp³-hybridized carbons (Fsp3) is 0.176. The highest BCUT2D eigenvalue weighted by Gasteiger charge is 2.13. The number of hydrogen-bond donors (Lipinski definition) is 4. The SMILES string of the molecule is COC(=O)Nc1n[nH]c2cc(NC(=O)N[C@H](C)c3ccccc3)ncc12. The van der Waals surface area contributed by atoms with Crippen molar-refractivity contribution in [3.8, 4) is 0 Å². The summed E-state index contributed by atoms with van der Waals surface area (Å²) in [6.07, 6.45) is 0.871. The zero-order valence-electron chi connectivity index (χ0n) is 14.2. The largest absolute Gasteiger partial charge is 0.453 e. The molecule has 1 atom stereocenters. The van der Waals surface area contributed by atoms with E-state index in [4.69, 9.17) is 0 Å². The van der Waals surface area contributed by atoms with Gasteiger partial charge in [0.1, 0.15) is 5.82 Å². The van der Waals surface area contributed by atoms with E-state index in [-0.39, 0.29) is 12.1 Å². The highest BCUT2D eigenvalue weighted by molar-refractivity contribution is 5.98. The fourth-order valence-corrected chi connectivity index (χ4v) is 2.40. The van der Waals surface area contributed by atoms with E-state index < -0.39 is 6.09 Å². The molecule has 0 unspecified atom stereocenters. The first-order valence-electron chi connectivity index (χ1n) is 7.88. The molecule has 4 N–H and O–H groups in total. The first-order valence-corrected chi connectivity index (χ1v) is 7.88. The summed E-state index contributed by atoms with van der Waals surface area (Å²) in [5, 5.41) is 15.3. The Bertz CT molecular complexity index is 925. The second-order valence-electron chi connectivity index (χ2n) is 5.53. The Morgan fingerprint density at radius 1 is 1.19 bits per heavy atom. The maximum absolute atomic E-state index is 12.2. The van der Waals surface area contributed by atoms with E-state index >= 15 is 0 Å². The lowest BCUT2D eigenvalue weighted by Crippen LogP contribution is -2.31. The lowest BCUT2D eigenvalue weighted by Gasteiger charge is -2.14. The number of carbonyl (C=O) groups excluding carboxylic acids is 2. The first kappa shape index (κ1) is 17.2. The van der Waals surface area contributed by atoms with Crippen LogP contribution in [0.3, 0.4) is 0 Å². The van der Waals surface area contributed by atoms with Gasteiger partial charge in [-0.15, -0.1) is 0 Å². The molecule has 9 heteroatoms. The van der Waals surface area contributed by atoms with Gasteiger partial charge in [-0.2, -0.15) is 5.10 Å². The van der Waals surface area contributed by atoms with Crippen molar-refractivity contribution in [3.63, 3.8) is 0 Å². The maximum Gasteiger partial charge on any atom is 0.412 e. The molecule has 0 aliphatic heterocycles. The smallest absolute Gasteiger partial charge is 0.412 e. The predicted octanol–water partition coefficient (Wildman–Crippen LogP) is 3.02. The van der Waals surface area contributed by atoms with Crippen LogP contribution >= 0.6 is 0 Å². The van der Waals surface area contributed by atoms with Crippen LogP contribution in [-0.4, -0.2) is 34.4 Å². The summed E-state index contributed by atoms with van der Waals surface area (Å²) in [5.74, 6) is 0.650. The van der Waals surface area contributed by atoms with Crippen LogP contribution in [-0.2, 0) is 4.74 Å². The molecule has 1 aromatic carbocycles. The average Bonchev–Trinajstić information content (AvgIpc) is 3.04. The van der Waals surface area contributed by atoms with E-state index in [1.807, 2.05) is 37.3 Å². The second-order valence-corrected chi connectivity index (χ2v) is 5.53. The normalized spacial score (nSPS) is 11.6. The third-order valence-electron chi connectivity index (χ3n) is 3.74. The average molecular weight is 354 g/mol. The maximum atomic E-state index is 12.2. The Morgan fingerprint density at radius 2 is 1.96 bits per heavy atom. The number of ether oxygens (including phenoxy) is 1. The molecule has 2 heterocycles. The second kappa shape index (κ2) is 7.51. The number of nitrogens with zero attached hydrogens (tertiary/aromatic N) is 2. The summed E-state index contributed by atoms with van der Waals surface area (Å²) < 4.78 is 4.53. The number of benzene rings is 1. The highest BCUT2D eigenvalue weighted by atomic mass is 16.5. The van der Waals surface area contributed by atoms with Crippen molar-refractivity contribution in [1.29, 1.82) is 0 Å². The first-order chi connectivity index (χ1) is 12.6. The molecule has 3 aromatic rings. The van der Waals surface area contributed by atoms with Gasteiger partial charge in [0, 0.05) is 12.3 Å². The minimum absolute atomic E-state index is 0.150. The number of nitrogens with one attached hydrogen (secondary N) is 4. The topological polar surface area (TPSA) is 121 Å². The molecule has 3 rings (SSSR count). The molecule has 0 aliphatic carbocycles. The van der Waals surface area contributed by atoms with Gasteiger partial charge in [0.05, 0.1) is 24.1 Å². The van der Waals surface area contributed by atoms with Gasteiger partial charge < -0.3 is 10.1 Å². The molecule has 0 bridgehead atoms. The molecule has 3 amide bonds. The number of carbonyl (C=O) groups is 2. The fourth-order valence-electron chi connectivity index (χ4n) is 2.40. The Morgan fingerprint density at radius 3 is 2.69 bits per heavy atom. The van der Waals surface area contributed by atoms with Gasteiger partial charge in [-0.25, -0.2) is 14.6 Å². The van der Waals surface area contributed by atoms with Crippen LogP contribution < -0.4 is 16.0 Å². The third kappa shape index (κ3) is 3.89. The zero-order chi connectivity index (χ0) is 18.5. The van der Waals surface area contributed by atoms with Gasteiger partial charge in [0.2, 0.25) is 0 Å². The summed E-state index contributed by atoms with van der Waals surface area (Å²) in [4.78, 5) is 27.6. The summed E-state index contributed by atoms with van der Waals surface area (Å²) in [6, 6.07) is 10.7.